The summed E-state index contributed by atoms with van der Waals surface area (Å²) in [5, 5.41) is 22.8. The van der Waals surface area contributed by atoms with Gasteiger partial charge >= 0.3 is 23.9 Å². The van der Waals surface area contributed by atoms with Crippen molar-refractivity contribution in [2.24, 2.45) is 0 Å². The van der Waals surface area contributed by atoms with Gasteiger partial charge in [-0.05, 0) is 146 Å². The van der Waals surface area contributed by atoms with Crippen molar-refractivity contribution in [3.8, 4) is 40.2 Å². The van der Waals surface area contributed by atoms with E-state index in [4.69, 9.17) is 28.4 Å². The highest BCUT2D eigenvalue weighted by atomic mass is 79.9. The first kappa shape index (κ1) is 47.4. The number of phenols is 2. The van der Waals surface area contributed by atoms with E-state index in [1.807, 2.05) is 60.7 Å². The van der Waals surface area contributed by atoms with Crippen molar-refractivity contribution in [2.75, 3.05) is 7.11 Å². The summed E-state index contributed by atoms with van der Waals surface area (Å²) >= 11 is 3.31. The number of hydrogen-bond acceptors (Lipinski definition) is 12. The molecule has 12 nitrogen and oxygen atoms in total. The number of halogens is 1. The maximum Gasteiger partial charge on any atom is 0.347 e. The Hall–Kier alpha value is -7.12. The van der Waals surface area contributed by atoms with E-state index < -0.39 is 35.4 Å². The molecule has 0 aromatic heterocycles. The van der Waals surface area contributed by atoms with Crippen molar-refractivity contribution >= 4 is 39.8 Å². The van der Waals surface area contributed by atoms with Crippen molar-refractivity contribution in [3.05, 3.63) is 167 Å². The molecule has 0 bridgehead atoms. The van der Waals surface area contributed by atoms with Crippen molar-refractivity contribution in [2.45, 2.75) is 75.5 Å². The molecule has 0 unspecified atom stereocenters. The third kappa shape index (κ3) is 9.70. The molecule has 0 spiro atoms. The second-order valence-corrected chi connectivity index (χ2v) is 16.5. The lowest BCUT2D eigenvalue weighted by atomic mass is 9.93. The standard InChI is InChI=1S/C52H49BrO12/c1-26-21-37(61-24-35-17-13-11-14-18-35)23-39(60-10)40(26)50(57)65-48-33(8)30(5)43(46(55)44(48)53)52(59)63-38-22-27(2)41(45(54)34(38)9)51(58)64-47-31(6)28(3)42(29(4)32(47)7)49(56)62-25-36-19-15-12-16-20-36/h11-23,54-55H,24-25H2,1-10H3. The van der Waals surface area contributed by atoms with Crippen LogP contribution >= 0.6 is 15.9 Å². The van der Waals surface area contributed by atoms with Crippen molar-refractivity contribution in [1.82, 2.24) is 0 Å². The number of benzene rings is 6. The Bertz CT molecular complexity index is 2810. The molecular formula is C52H49BrO12. The number of aryl methyl sites for hydroxylation is 2. The minimum Gasteiger partial charge on any atom is -0.507 e. The Balaban J connectivity index is 1.20. The van der Waals surface area contributed by atoms with Gasteiger partial charge in [0.1, 0.15) is 68.9 Å². The molecule has 65 heavy (non-hydrogen) atoms. The van der Waals surface area contributed by atoms with Crippen LogP contribution in [0.3, 0.4) is 0 Å². The van der Waals surface area contributed by atoms with Crippen LogP contribution in [0.15, 0.2) is 83.3 Å². The maximum absolute atomic E-state index is 13.8. The third-order valence-electron chi connectivity index (χ3n) is 11.5. The fourth-order valence-corrected chi connectivity index (χ4v) is 8.04. The number of rotatable bonds is 13. The van der Waals surface area contributed by atoms with Crippen LogP contribution in [0.5, 0.6) is 40.2 Å². The highest BCUT2D eigenvalue weighted by Gasteiger charge is 2.31. The molecule has 0 fully saturated rings. The lowest BCUT2D eigenvalue weighted by molar-refractivity contribution is 0.0470. The topological polar surface area (TPSA) is 164 Å². The first-order valence-corrected chi connectivity index (χ1v) is 21.3. The highest BCUT2D eigenvalue weighted by Crippen LogP contribution is 2.44. The SMILES string of the molecule is COc1cc(OCc2ccccc2)cc(C)c1C(=O)Oc1c(C)c(C)c(C(=O)Oc2cc(C)c(C(=O)Oc3c(C)c(C)c(C(=O)OCc4ccccc4)c(C)c3C)c(O)c2C)c(O)c1Br. The van der Waals surface area contributed by atoms with Crippen molar-refractivity contribution < 1.29 is 57.8 Å². The van der Waals surface area contributed by atoms with E-state index in [9.17, 15) is 29.4 Å². The summed E-state index contributed by atoms with van der Waals surface area (Å²) in [7, 11) is 1.42. The van der Waals surface area contributed by atoms with E-state index in [0.717, 1.165) is 11.1 Å². The van der Waals surface area contributed by atoms with Gasteiger partial charge in [0.15, 0.2) is 5.75 Å². The van der Waals surface area contributed by atoms with E-state index >= 15 is 0 Å². The summed E-state index contributed by atoms with van der Waals surface area (Å²) in [5.74, 6) is -3.37. The summed E-state index contributed by atoms with van der Waals surface area (Å²) in [6, 6.07) is 23.6. The summed E-state index contributed by atoms with van der Waals surface area (Å²) in [6.07, 6.45) is 0. The molecule has 0 aliphatic heterocycles. The van der Waals surface area contributed by atoms with Crippen LogP contribution in [-0.4, -0.2) is 41.2 Å². The Labute approximate surface area is 385 Å². The molecule has 0 heterocycles. The van der Waals surface area contributed by atoms with E-state index in [-0.39, 0.29) is 67.5 Å². The molecule has 2 N–H and O–H groups in total. The number of carbonyl (C=O) groups is 4. The minimum atomic E-state index is -0.984. The van der Waals surface area contributed by atoms with Crippen LogP contribution in [0.25, 0.3) is 0 Å². The lowest BCUT2D eigenvalue weighted by Gasteiger charge is -2.21. The number of phenolic OH excluding ortho intramolecular Hbond substituents is 2. The third-order valence-corrected chi connectivity index (χ3v) is 12.3. The molecule has 336 valence electrons. The first-order chi connectivity index (χ1) is 30.9. The zero-order chi connectivity index (χ0) is 47.4. The van der Waals surface area contributed by atoms with E-state index in [1.54, 1.807) is 67.5 Å². The highest BCUT2D eigenvalue weighted by molar-refractivity contribution is 9.10. The summed E-state index contributed by atoms with van der Waals surface area (Å²) in [5.41, 5.74) is 5.54. The molecule has 0 aliphatic rings. The number of methoxy groups -OCH3 is 1. The Morgan fingerprint density at radius 1 is 0.492 bits per heavy atom. The van der Waals surface area contributed by atoms with E-state index in [0.29, 0.717) is 51.3 Å². The molecule has 0 aliphatic carbocycles. The largest absolute Gasteiger partial charge is 0.507 e. The number of aromatic hydroxyl groups is 2. The number of carbonyl (C=O) groups excluding carboxylic acids is 4. The smallest absolute Gasteiger partial charge is 0.347 e. The summed E-state index contributed by atoms with van der Waals surface area (Å²) < 4.78 is 34.6. The average Bonchev–Trinajstić information content (AvgIpc) is 3.28. The van der Waals surface area contributed by atoms with Crippen LogP contribution < -0.4 is 23.7 Å². The van der Waals surface area contributed by atoms with Crippen molar-refractivity contribution in [1.29, 1.82) is 0 Å². The van der Waals surface area contributed by atoms with Gasteiger partial charge in [-0.1, -0.05) is 60.7 Å². The molecule has 0 saturated heterocycles. The van der Waals surface area contributed by atoms with Gasteiger partial charge in [0.25, 0.3) is 0 Å². The van der Waals surface area contributed by atoms with Crippen LogP contribution in [-0.2, 0) is 18.0 Å². The quantitative estimate of drug-likeness (QED) is 0.0833. The van der Waals surface area contributed by atoms with Gasteiger partial charge in [0.05, 0.1) is 12.7 Å². The fourth-order valence-electron chi connectivity index (χ4n) is 7.46. The summed E-state index contributed by atoms with van der Waals surface area (Å²) in [4.78, 5) is 54.6. The van der Waals surface area contributed by atoms with E-state index in [1.165, 1.54) is 20.1 Å². The summed E-state index contributed by atoms with van der Waals surface area (Å²) in [6.45, 7) is 15.2. The van der Waals surface area contributed by atoms with Gasteiger partial charge < -0.3 is 38.6 Å². The monoisotopic (exact) mass is 944 g/mol. The lowest BCUT2D eigenvalue weighted by Crippen LogP contribution is -2.18. The second-order valence-electron chi connectivity index (χ2n) is 15.7. The predicted octanol–water partition coefficient (Wildman–Crippen LogP) is 11.2. The van der Waals surface area contributed by atoms with Crippen LogP contribution in [0.1, 0.15) is 103 Å². The van der Waals surface area contributed by atoms with Gasteiger partial charge in [0, 0.05) is 11.6 Å². The van der Waals surface area contributed by atoms with Gasteiger partial charge in [-0.2, -0.15) is 0 Å². The molecule has 6 aromatic carbocycles. The number of ether oxygens (including phenoxy) is 6. The number of esters is 4. The molecule has 0 radical (unpaired) electrons. The molecule has 0 atom stereocenters. The molecular weight excluding hydrogens is 896 g/mol. The van der Waals surface area contributed by atoms with Gasteiger partial charge in [0.2, 0.25) is 0 Å². The predicted molar refractivity (Wildman–Crippen MR) is 247 cm³/mol. The van der Waals surface area contributed by atoms with Gasteiger partial charge in [-0.25, -0.2) is 19.2 Å². The maximum atomic E-state index is 13.8. The normalized spacial score (nSPS) is 10.9. The molecule has 6 aromatic rings. The first-order valence-electron chi connectivity index (χ1n) is 20.5. The molecule has 13 heteroatoms. The zero-order valence-corrected chi connectivity index (χ0v) is 39.4. The Morgan fingerprint density at radius 3 is 1.57 bits per heavy atom. The fraction of sp³-hybridized carbons (Fsp3) is 0.231. The Kier molecular flexibility index (Phi) is 14.4. The molecule has 0 amide bonds. The minimum absolute atomic E-state index is 0.0339. The van der Waals surface area contributed by atoms with Crippen LogP contribution in [0, 0.1) is 62.3 Å². The van der Waals surface area contributed by atoms with Crippen LogP contribution in [0.2, 0.25) is 0 Å². The average molecular weight is 946 g/mol. The molecule has 6 rings (SSSR count). The Morgan fingerprint density at radius 2 is 0.985 bits per heavy atom. The van der Waals surface area contributed by atoms with Crippen LogP contribution in [0.4, 0.5) is 0 Å². The van der Waals surface area contributed by atoms with Gasteiger partial charge in [-0.3, -0.25) is 0 Å². The second kappa shape index (κ2) is 19.7. The zero-order valence-electron chi connectivity index (χ0n) is 37.8. The molecule has 0 saturated carbocycles. The van der Waals surface area contributed by atoms with E-state index in [2.05, 4.69) is 15.9 Å². The van der Waals surface area contributed by atoms with Gasteiger partial charge in [-0.15, -0.1) is 0 Å². The number of hydrogen-bond donors (Lipinski definition) is 2. The van der Waals surface area contributed by atoms with Crippen molar-refractivity contribution in [3.63, 3.8) is 0 Å².